The normalized spacial score (nSPS) is 14.3. The fourth-order valence-electron chi connectivity index (χ4n) is 1.95. The quantitative estimate of drug-likeness (QED) is 0.782. The van der Waals surface area contributed by atoms with Gasteiger partial charge in [-0.1, -0.05) is 0 Å². The number of pyridine rings is 1. The molecule has 110 valence electrons. The number of carbonyl (C=O) groups excluding carboxylic acids is 1. The molecule has 0 saturated carbocycles. The number of nitrogens with one attached hydrogen (secondary N) is 1. The molecule has 21 heavy (non-hydrogen) atoms. The van der Waals surface area contributed by atoms with E-state index in [0.29, 0.717) is 31.5 Å². The Hall–Kier alpha value is -2.42. The van der Waals surface area contributed by atoms with Crippen LogP contribution >= 0.6 is 0 Å². The Morgan fingerprint density at radius 2 is 2.19 bits per heavy atom. The average molecular weight is 285 g/mol. The van der Waals surface area contributed by atoms with Crippen LogP contribution in [-0.2, 0) is 4.79 Å². The van der Waals surface area contributed by atoms with E-state index in [0.717, 1.165) is 5.69 Å². The van der Waals surface area contributed by atoms with Crippen LogP contribution in [0.5, 0.6) is 0 Å². The van der Waals surface area contributed by atoms with Gasteiger partial charge in [0.25, 0.3) is 0 Å². The molecule has 0 aliphatic carbocycles. The molecule has 0 unspecified atom stereocenters. The largest absolute Gasteiger partial charge is 0.378 e. The van der Waals surface area contributed by atoms with Crippen LogP contribution in [0.4, 0.5) is 11.5 Å². The van der Waals surface area contributed by atoms with Crippen LogP contribution in [0.2, 0.25) is 0 Å². The van der Waals surface area contributed by atoms with Crippen LogP contribution in [0.3, 0.4) is 0 Å². The van der Waals surface area contributed by atoms with E-state index in [-0.39, 0.29) is 5.91 Å². The highest BCUT2D eigenvalue weighted by Gasteiger charge is 2.39. The van der Waals surface area contributed by atoms with E-state index >= 15 is 0 Å². The molecule has 0 aromatic carbocycles. The Balaban J connectivity index is 1.82. The third kappa shape index (κ3) is 4.28. The van der Waals surface area contributed by atoms with Crippen molar-refractivity contribution in [2.75, 3.05) is 24.3 Å². The summed E-state index contributed by atoms with van der Waals surface area (Å²) in [7, 11) is 3.87. The average Bonchev–Trinajstić information content (AvgIpc) is 3.24. The second kappa shape index (κ2) is 6.35. The van der Waals surface area contributed by atoms with E-state index in [4.69, 9.17) is 6.42 Å². The Morgan fingerprint density at radius 1 is 1.43 bits per heavy atom. The predicted molar refractivity (Wildman–Crippen MR) is 82.1 cm³/mol. The number of rotatable bonds is 7. The molecule has 0 saturated heterocycles. The summed E-state index contributed by atoms with van der Waals surface area (Å²) >= 11 is 0. The SMILES string of the molecule is C#CCCC1(CCC(=O)Nc2cc(N(C)C)ccn2)N=N1. The van der Waals surface area contributed by atoms with E-state index in [1.54, 1.807) is 6.20 Å². The molecule has 0 spiro atoms. The number of aromatic nitrogens is 1. The van der Waals surface area contributed by atoms with Crippen LogP contribution in [-0.4, -0.2) is 30.6 Å². The summed E-state index contributed by atoms with van der Waals surface area (Å²) in [5.41, 5.74) is 0.570. The van der Waals surface area contributed by atoms with Gasteiger partial charge in [0.15, 0.2) is 5.66 Å². The topological polar surface area (TPSA) is 70.0 Å². The minimum Gasteiger partial charge on any atom is -0.378 e. The molecule has 2 rings (SSSR count). The molecule has 0 fully saturated rings. The van der Waals surface area contributed by atoms with E-state index < -0.39 is 5.66 Å². The van der Waals surface area contributed by atoms with Gasteiger partial charge in [0.05, 0.1) is 0 Å². The van der Waals surface area contributed by atoms with Crippen molar-refractivity contribution in [1.82, 2.24) is 4.98 Å². The number of nitrogens with zero attached hydrogens (tertiary/aromatic N) is 4. The summed E-state index contributed by atoms with van der Waals surface area (Å²) in [5, 5.41) is 10.8. The van der Waals surface area contributed by atoms with Crippen molar-refractivity contribution in [2.24, 2.45) is 10.2 Å². The maximum atomic E-state index is 12.0. The Bertz CT molecular complexity index is 582. The molecular formula is C15H19N5O. The van der Waals surface area contributed by atoms with E-state index in [1.807, 2.05) is 31.1 Å². The summed E-state index contributed by atoms with van der Waals surface area (Å²) in [6.07, 6.45) is 9.19. The van der Waals surface area contributed by atoms with Gasteiger partial charge in [0.2, 0.25) is 5.91 Å². The van der Waals surface area contributed by atoms with Crippen molar-refractivity contribution in [3.63, 3.8) is 0 Å². The van der Waals surface area contributed by atoms with Gasteiger partial charge in [0.1, 0.15) is 5.82 Å². The summed E-state index contributed by atoms with van der Waals surface area (Å²) < 4.78 is 0. The zero-order valence-electron chi connectivity index (χ0n) is 12.3. The van der Waals surface area contributed by atoms with Crippen LogP contribution in [0.25, 0.3) is 0 Å². The summed E-state index contributed by atoms with van der Waals surface area (Å²) in [4.78, 5) is 18.0. The summed E-state index contributed by atoms with van der Waals surface area (Å²) in [6.45, 7) is 0. The van der Waals surface area contributed by atoms with Gasteiger partial charge in [0, 0.05) is 57.7 Å². The monoisotopic (exact) mass is 285 g/mol. The second-order valence-electron chi connectivity index (χ2n) is 5.23. The highest BCUT2D eigenvalue weighted by Crippen LogP contribution is 2.37. The lowest BCUT2D eigenvalue weighted by atomic mass is 10.0. The highest BCUT2D eigenvalue weighted by molar-refractivity contribution is 5.90. The third-order valence-corrected chi connectivity index (χ3v) is 3.33. The van der Waals surface area contributed by atoms with Crippen molar-refractivity contribution in [3.8, 4) is 12.3 Å². The Labute approximate surface area is 124 Å². The number of hydrogen-bond acceptors (Lipinski definition) is 5. The Morgan fingerprint density at radius 3 is 2.81 bits per heavy atom. The standard InChI is InChI=1S/C15H19N5O/c1-4-5-8-15(18-19-15)9-6-14(21)17-13-11-12(20(2)3)7-10-16-13/h1,7,10-11H,5-6,8-9H2,2-3H3,(H,16,17,21). The molecule has 0 radical (unpaired) electrons. The van der Waals surface area contributed by atoms with Crippen LogP contribution in [0, 0.1) is 12.3 Å². The number of amides is 1. The minimum absolute atomic E-state index is 0.0872. The number of anilines is 2. The van der Waals surface area contributed by atoms with E-state index in [2.05, 4.69) is 26.4 Å². The molecule has 1 aliphatic rings. The first kappa shape index (κ1) is 15.0. The molecule has 1 aliphatic heterocycles. The molecule has 1 N–H and O–H groups in total. The molecule has 6 nitrogen and oxygen atoms in total. The first-order chi connectivity index (χ1) is 10.0. The lowest BCUT2D eigenvalue weighted by Gasteiger charge is -2.13. The van der Waals surface area contributed by atoms with Gasteiger partial charge in [-0.05, 0) is 6.07 Å². The number of hydrogen-bond donors (Lipinski definition) is 1. The zero-order chi connectivity index (χ0) is 15.3. The Kier molecular flexibility index (Phi) is 4.53. The van der Waals surface area contributed by atoms with Crippen LogP contribution in [0.1, 0.15) is 25.7 Å². The maximum absolute atomic E-state index is 12.0. The van der Waals surface area contributed by atoms with E-state index in [9.17, 15) is 4.79 Å². The molecule has 1 aromatic heterocycles. The smallest absolute Gasteiger partial charge is 0.225 e. The molecule has 2 heterocycles. The highest BCUT2D eigenvalue weighted by atomic mass is 16.1. The fraction of sp³-hybridized carbons (Fsp3) is 0.467. The molecule has 0 atom stereocenters. The van der Waals surface area contributed by atoms with Gasteiger partial charge >= 0.3 is 0 Å². The number of terminal acetylenes is 1. The van der Waals surface area contributed by atoms with E-state index in [1.165, 1.54) is 0 Å². The van der Waals surface area contributed by atoms with Gasteiger partial charge in [-0.25, -0.2) is 4.98 Å². The van der Waals surface area contributed by atoms with Crippen molar-refractivity contribution in [2.45, 2.75) is 31.3 Å². The van der Waals surface area contributed by atoms with Crippen molar-refractivity contribution >= 4 is 17.4 Å². The lowest BCUT2D eigenvalue weighted by molar-refractivity contribution is -0.116. The molecule has 0 bridgehead atoms. The van der Waals surface area contributed by atoms with Crippen LogP contribution < -0.4 is 10.2 Å². The van der Waals surface area contributed by atoms with Gasteiger partial charge in [-0.2, -0.15) is 10.2 Å². The van der Waals surface area contributed by atoms with Gasteiger partial charge < -0.3 is 10.2 Å². The number of carbonyl (C=O) groups is 1. The third-order valence-electron chi connectivity index (χ3n) is 3.33. The van der Waals surface area contributed by atoms with Gasteiger partial charge in [-0.3, -0.25) is 4.79 Å². The van der Waals surface area contributed by atoms with Crippen molar-refractivity contribution < 1.29 is 4.79 Å². The van der Waals surface area contributed by atoms with Crippen LogP contribution in [0.15, 0.2) is 28.6 Å². The molecule has 1 amide bonds. The minimum atomic E-state index is -0.414. The van der Waals surface area contributed by atoms with Gasteiger partial charge in [-0.15, -0.1) is 12.3 Å². The molecular weight excluding hydrogens is 266 g/mol. The predicted octanol–water partition coefficient (Wildman–Crippen LogP) is 2.44. The molecule has 6 heteroatoms. The lowest BCUT2D eigenvalue weighted by Crippen LogP contribution is -2.18. The van der Waals surface area contributed by atoms with Crippen molar-refractivity contribution in [3.05, 3.63) is 18.3 Å². The maximum Gasteiger partial charge on any atom is 0.225 e. The zero-order valence-corrected chi connectivity index (χ0v) is 12.3. The first-order valence-corrected chi connectivity index (χ1v) is 6.85. The fourth-order valence-corrected chi connectivity index (χ4v) is 1.95. The first-order valence-electron chi connectivity index (χ1n) is 6.85. The summed E-state index contributed by atoms with van der Waals surface area (Å²) in [5.74, 6) is 3.04. The summed E-state index contributed by atoms with van der Waals surface area (Å²) in [6, 6.07) is 3.71. The molecule has 1 aromatic rings. The second-order valence-corrected chi connectivity index (χ2v) is 5.23. The van der Waals surface area contributed by atoms with Crippen molar-refractivity contribution in [1.29, 1.82) is 0 Å².